The summed E-state index contributed by atoms with van der Waals surface area (Å²) in [7, 11) is 0. The Morgan fingerprint density at radius 2 is 2.16 bits per heavy atom. The van der Waals surface area contributed by atoms with Crippen molar-refractivity contribution >= 4 is 39.5 Å². The van der Waals surface area contributed by atoms with Gasteiger partial charge in [-0.15, -0.1) is 0 Å². The summed E-state index contributed by atoms with van der Waals surface area (Å²) in [6.07, 6.45) is 5.32. The highest BCUT2D eigenvalue weighted by Gasteiger charge is 2.11. The van der Waals surface area contributed by atoms with Crippen molar-refractivity contribution < 1.29 is 9.53 Å². The van der Waals surface area contributed by atoms with Crippen molar-refractivity contribution in [2.45, 2.75) is 12.1 Å². The number of benzene rings is 1. The average molecular weight is 273 g/mol. The Kier molecular flexibility index (Phi) is 2.87. The molecule has 0 spiro atoms. The minimum absolute atomic E-state index is 0.349. The summed E-state index contributed by atoms with van der Waals surface area (Å²) < 4.78 is 5.14. The molecule has 0 radical (unpaired) electrons. The molecule has 19 heavy (non-hydrogen) atoms. The van der Waals surface area contributed by atoms with Gasteiger partial charge in [0.05, 0.1) is 17.2 Å². The van der Waals surface area contributed by atoms with Crippen molar-refractivity contribution in [3.05, 3.63) is 24.5 Å². The Labute approximate surface area is 113 Å². The van der Waals surface area contributed by atoms with E-state index in [4.69, 9.17) is 4.74 Å². The molecule has 96 valence electrons. The minimum Gasteiger partial charge on any atom is -0.424 e. The molecule has 1 N–H and O–H groups in total. The summed E-state index contributed by atoms with van der Waals surface area (Å²) in [4.78, 5) is 22.9. The maximum absolute atomic E-state index is 11.0. The smallest absolute Gasteiger partial charge is 0.308 e. The van der Waals surface area contributed by atoms with Gasteiger partial charge in [0.2, 0.25) is 0 Å². The number of nitrogens with one attached hydrogen (secondary N) is 1. The second-order valence-electron chi connectivity index (χ2n) is 4.03. The summed E-state index contributed by atoms with van der Waals surface area (Å²) in [6.45, 7) is 1.38. The molecule has 5 nitrogen and oxygen atoms in total. The molecule has 3 rings (SSSR count). The van der Waals surface area contributed by atoms with E-state index in [0.717, 1.165) is 27.0 Å². The average Bonchev–Trinajstić information content (AvgIpc) is 2.81. The molecule has 2 heterocycles. The number of aromatic nitrogens is 3. The van der Waals surface area contributed by atoms with Crippen LogP contribution in [-0.2, 0) is 4.79 Å². The first-order valence-electron chi connectivity index (χ1n) is 5.68. The highest BCUT2D eigenvalue weighted by atomic mass is 32.2. The maximum Gasteiger partial charge on any atom is 0.308 e. The Morgan fingerprint density at radius 3 is 2.89 bits per heavy atom. The molecule has 0 saturated heterocycles. The SMILES string of the molecule is CSc1ncc2ccc3c(OC(C)=O)cnc3c2[nH]1. The van der Waals surface area contributed by atoms with Crippen molar-refractivity contribution in [1.82, 2.24) is 15.0 Å². The molecule has 0 fully saturated rings. The third-order valence-corrected chi connectivity index (χ3v) is 3.38. The van der Waals surface area contributed by atoms with Crippen molar-refractivity contribution in [3.63, 3.8) is 0 Å². The number of thioether (sulfide) groups is 1. The number of hydrogen-bond donors (Lipinski definition) is 1. The van der Waals surface area contributed by atoms with Gasteiger partial charge in [-0.05, 0) is 12.3 Å². The first-order valence-corrected chi connectivity index (χ1v) is 6.90. The zero-order valence-corrected chi connectivity index (χ0v) is 11.2. The fourth-order valence-electron chi connectivity index (χ4n) is 1.98. The molecular formula is C13H11N3O2S. The lowest BCUT2D eigenvalue weighted by atomic mass is 10.2. The highest BCUT2D eigenvalue weighted by molar-refractivity contribution is 7.98. The van der Waals surface area contributed by atoms with Crippen LogP contribution in [0.15, 0.2) is 29.7 Å². The van der Waals surface area contributed by atoms with Crippen LogP contribution in [0.5, 0.6) is 5.75 Å². The second kappa shape index (κ2) is 4.55. The Hall–Kier alpha value is -2.08. The first-order chi connectivity index (χ1) is 9.19. The molecule has 0 bridgehead atoms. The van der Waals surface area contributed by atoms with Crippen molar-refractivity contribution in [3.8, 4) is 5.75 Å². The predicted molar refractivity (Wildman–Crippen MR) is 74.5 cm³/mol. The fraction of sp³-hybridized carbons (Fsp3) is 0.154. The molecule has 0 atom stereocenters. The standard InChI is InChI=1S/C13H11N3O2S/c1-7(17)18-10-6-14-12-9(10)4-3-8-5-15-13(19-2)16-11(8)12/h3-6H,1-2H3,(H,15,16). The Bertz CT molecular complexity index is 782. The molecule has 3 aromatic rings. The number of ether oxygens (including phenoxy) is 1. The van der Waals surface area contributed by atoms with E-state index in [0.29, 0.717) is 5.75 Å². The number of esters is 1. The summed E-state index contributed by atoms with van der Waals surface area (Å²) in [5.41, 5.74) is 1.68. The molecule has 0 unspecified atom stereocenters. The van der Waals surface area contributed by atoms with Gasteiger partial charge in [0.1, 0.15) is 0 Å². The molecular weight excluding hydrogens is 262 g/mol. The van der Waals surface area contributed by atoms with Crippen molar-refractivity contribution in [2.75, 3.05) is 6.26 Å². The van der Waals surface area contributed by atoms with E-state index in [-0.39, 0.29) is 5.97 Å². The van der Waals surface area contributed by atoms with Crippen LogP contribution < -0.4 is 4.74 Å². The minimum atomic E-state index is -0.349. The van der Waals surface area contributed by atoms with Gasteiger partial charge in [-0.25, -0.2) is 9.97 Å². The van der Waals surface area contributed by atoms with Gasteiger partial charge in [-0.3, -0.25) is 4.79 Å². The van der Waals surface area contributed by atoms with Crippen LogP contribution >= 0.6 is 11.8 Å². The number of H-pyrrole nitrogens is 1. The summed E-state index contributed by atoms with van der Waals surface area (Å²) in [5, 5.41) is 2.60. The number of nitrogens with zero attached hydrogens (tertiary/aromatic N) is 2. The monoisotopic (exact) mass is 273 g/mol. The molecule has 0 aliphatic rings. The molecule has 0 aliphatic carbocycles. The van der Waals surface area contributed by atoms with Crippen LogP contribution in [0.1, 0.15) is 6.92 Å². The van der Waals surface area contributed by atoms with Gasteiger partial charge in [0.25, 0.3) is 0 Å². The van der Waals surface area contributed by atoms with Crippen LogP contribution in [-0.4, -0.2) is 27.2 Å². The third kappa shape index (κ3) is 2.04. The molecule has 0 amide bonds. The molecule has 0 saturated carbocycles. The van der Waals surface area contributed by atoms with Crippen LogP contribution in [0.25, 0.3) is 21.8 Å². The lowest BCUT2D eigenvalue weighted by molar-refractivity contribution is -0.131. The van der Waals surface area contributed by atoms with Crippen molar-refractivity contribution in [1.29, 1.82) is 0 Å². The van der Waals surface area contributed by atoms with Gasteiger partial charge < -0.3 is 9.72 Å². The van der Waals surface area contributed by atoms with Gasteiger partial charge in [-0.2, -0.15) is 0 Å². The number of carbonyl (C=O) groups excluding carboxylic acids is 1. The van der Waals surface area contributed by atoms with E-state index in [2.05, 4.69) is 15.0 Å². The lowest BCUT2D eigenvalue weighted by Crippen LogP contribution is -2.00. The molecule has 0 aliphatic heterocycles. The largest absolute Gasteiger partial charge is 0.424 e. The van der Waals surface area contributed by atoms with Crippen LogP contribution in [0, 0.1) is 0 Å². The van der Waals surface area contributed by atoms with E-state index < -0.39 is 0 Å². The van der Waals surface area contributed by atoms with Crippen LogP contribution in [0.3, 0.4) is 0 Å². The summed E-state index contributed by atoms with van der Waals surface area (Å²) in [5.74, 6) is 0.137. The Balaban J connectivity index is 2.27. The molecule has 1 aromatic carbocycles. The zero-order chi connectivity index (χ0) is 13.4. The van der Waals surface area contributed by atoms with Gasteiger partial charge in [0.15, 0.2) is 10.9 Å². The number of aromatic amines is 1. The highest BCUT2D eigenvalue weighted by Crippen LogP contribution is 2.30. The zero-order valence-electron chi connectivity index (χ0n) is 10.4. The van der Waals surface area contributed by atoms with E-state index >= 15 is 0 Å². The summed E-state index contributed by atoms with van der Waals surface area (Å²) in [6, 6.07) is 3.82. The summed E-state index contributed by atoms with van der Waals surface area (Å²) >= 11 is 1.53. The second-order valence-corrected chi connectivity index (χ2v) is 4.83. The normalized spacial score (nSPS) is 11.1. The number of rotatable bonds is 2. The van der Waals surface area contributed by atoms with Crippen molar-refractivity contribution in [2.24, 2.45) is 0 Å². The van der Waals surface area contributed by atoms with Gasteiger partial charge >= 0.3 is 5.97 Å². The van der Waals surface area contributed by atoms with Gasteiger partial charge in [0, 0.05) is 23.9 Å². The topological polar surface area (TPSA) is 67.9 Å². The number of fused-ring (bicyclic) bond motifs is 3. The lowest BCUT2D eigenvalue weighted by Gasteiger charge is -2.03. The van der Waals surface area contributed by atoms with E-state index in [1.54, 1.807) is 12.4 Å². The Morgan fingerprint density at radius 1 is 1.32 bits per heavy atom. The van der Waals surface area contributed by atoms with Crippen LogP contribution in [0.2, 0.25) is 0 Å². The number of hydrogen-bond acceptors (Lipinski definition) is 5. The first kappa shape index (κ1) is 12.0. The fourth-order valence-corrected chi connectivity index (χ4v) is 2.34. The predicted octanol–water partition coefficient (Wildman–Crippen LogP) is 2.76. The molecule has 2 aromatic heterocycles. The quantitative estimate of drug-likeness (QED) is 0.442. The maximum atomic E-state index is 11.0. The third-order valence-electron chi connectivity index (χ3n) is 2.79. The van der Waals surface area contributed by atoms with E-state index in [1.807, 2.05) is 18.4 Å². The van der Waals surface area contributed by atoms with Crippen LogP contribution in [0.4, 0.5) is 0 Å². The van der Waals surface area contributed by atoms with E-state index in [9.17, 15) is 4.79 Å². The van der Waals surface area contributed by atoms with E-state index in [1.165, 1.54) is 18.7 Å². The molecule has 6 heteroatoms. The van der Waals surface area contributed by atoms with Gasteiger partial charge in [-0.1, -0.05) is 17.8 Å². The number of carbonyl (C=O) groups is 1.